The molecule has 2 N–H and O–H groups in total. The van der Waals surface area contributed by atoms with Crippen LogP contribution < -0.4 is 5.32 Å². The van der Waals surface area contributed by atoms with Gasteiger partial charge in [-0.1, -0.05) is 25.1 Å². The fourth-order valence-electron chi connectivity index (χ4n) is 3.19. The molecule has 6 nitrogen and oxygen atoms in total. The van der Waals surface area contributed by atoms with E-state index in [2.05, 4.69) is 44.7 Å². The number of aromatic amines is 1. The zero-order valence-electron chi connectivity index (χ0n) is 14.4. The first-order chi connectivity index (χ1) is 12.5. The van der Waals surface area contributed by atoms with Crippen LogP contribution in [0.3, 0.4) is 0 Å². The summed E-state index contributed by atoms with van der Waals surface area (Å²) in [7, 11) is -3.64. The van der Waals surface area contributed by atoms with E-state index >= 15 is 0 Å². The summed E-state index contributed by atoms with van der Waals surface area (Å²) in [6.07, 6.45) is 1.93. The highest BCUT2D eigenvalue weighted by Crippen LogP contribution is 2.26. The number of aromatic nitrogens is 1. The van der Waals surface area contributed by atoms with Crippen molar-refractivity contribution in [1.82, 2.24) is 9.88 Å². The Balaban J connectivity index is 1.54. The molecule has 0 amide bonds. The van der Waals surface area contributed by atoms with Gasteiger partial charge in [-0.05, 0) is 47.8 Å². The minimum absolute atomic E-state index is 0.227. The summed E-state index contributed by atoms with van der Waals surface area (Å²) in [5.41, 5.74) is 2.87. The van der Waals surface area contributed by atoms with E-state index in [1.165, 1.54) is 10.9 Å². The molecule has 0 saturated heterocycles. The first-order valence-corrected chi connectivity index (χ1v) is 9.97. The first kappa shape index (κ1) is 16.8. The van der Waals surface area contributed by atoms with Gasteiger partial charge in [0, 0.05) is 18.3 Å². The predicted molar refractivity (Wildman–Crippen MR) is 104 cm³/mol. The zero-order valence-corrected chi connectivity index (χ0v) is 15.3. The van der Waals surface area contributed by atoms with Crippen molar-refractivity contribution < 1.29 is 8.42 Å². The molecule has 0 saturated carbocycles. The first-order valence-electron chi connectivity index (χ1n) is 8.53. The van der Waals surface area contributed by atoms with Crippen LogP contribution in [0, 0.1) is 0 Å². The molecule has 0 atom stereocenters. The minimum Gasteiger partial charge on any atom is -0.361 e. The Kier molecular flexibility index (Phi) is 4.26. The smallest absolute Gasteiger partial charge is 0.286 e. The lowest BCUT2D eigenvalue weighted by Gasteiger charge is -2.24. The number of nitrogens with zero attached hydrogens (tertiary/aromatic N) is 2. The third-order valence-electron chi connectivity index (χ3n) is 4.52. The van der Waals surface area contributed by atoms with Gasteiger partial charge >= 0.3 is 0 Å². The molecule has 1 aliphatic heterocycles. The molecule has 0 unspecified atom stereocenters. The third kappa shape index (κ3) is 3.23. The van der Waals surface area contributed by atoms with Gasteiger partial charge in [-0.25, -0.2) is 0 Å². The van der Waals surface area contributed by atoms with Gasteiger partial charge in [-0.15, -0.1) is 4.40 Å². The summed E-state index contributed by atoms with van der Waals surface area (Å²) < 4.78 is 28.7. The average molecular weight is 368 g/mol. The second-order valence-corrected chi connectivity index (χ2v) is 7.91. The molecule has 2 aromatic carbocycles. The highest BCUT2D eigenvalue weighted by molar-refractivity contribution is 7.90. The number of hydrogen-bond acceptors (Lipinski definition) is 4. The van der Waals surface area contributed by atoms with Crippen LogP contribution in [0.4, 0.5) is 5.69 Å². The summed E-state index contributed by atoms with van der Waals surface area (Å²) in [6, 6.07) is 15.2. The maximum absolute atomic E-state index is 12.4. The van der Waals surface area contributed by atoms with Gasteiger partial charge in [0.25, 0.3) is 10.0 Å². The van der Waals surface area contributed by atoms with Gasteiger partial charge in [0.05, 0.1) is 12.2 Å². The van der Waals surface area contributed by atoms with E-state index in [0.717, 1.165) is 18.6 Å². The standard InChI is InChI=1S/C19H20N4O2S/c1-2-23(12-14-7-8-16-15(11-14)9-10-20-16)13-19-21-17-5-3-4-6-18(17)26(24,25)22-19/h3-11,20H,2,12-13H2,1H3,(H,21,22). The summed E-state index contributed by atoms with van der Waals surface area (Å²) in [4.78, 5) is 5.57. The SMILES string of the molecule is CCN(CC1=NS(=O)(=O)c2ccccc2N1)Cc1ccc2[nH]ccc2c1. The molecule has 4 rings (SSSR count). The minimum atomic E-state index is -3.64. The molecule has 26 heavy (non-hydrogen) atoms. The quantitative estimate of drug-likeness (QED) is 0.725. The molecule has 0 spiro atoms. The number of H-pyrrole nitrogens is 1. The Morgan fingerprint density at radius 1 is 1.08 bits per heavy atom. The number of amidine groups is 1. The highest BCUT2D eigenvalue weighted by atomic mass is 32.2. The van der Waals surface area contributed by atoms with Crippen LogP contribution >= 0.6 is 0 Å². The summed E-state index contributed by atoms with van der Waals surface area (Å²) in [5.74, 6) is 0.452. The van der Waals surface area contributed by atoms with Gasteiger partial charge in [0.15, 0.2) is 0 Å². The number of hydrogen-bond donors (Lipinski definition) is 2. The van der Waals surface area contributed by atoms with E-state index in [1.807, 2.05) is 18.3 Å². The van der Waals surface area contributed by atoms with Crippen LogP contribution in [-0.2, 0) is 16.6 Å². The monoisotopic (exact) mass is 368 g/mol. The fourth-order valence-corrected chi connectivity index (χ4v) is 4.33. The molecule has 0 bridgehead atoms. The maximum Gasteiger partial charge on any atom is 0.286 e. The summed E-state index contributed by atoms with van der Waals surface area (Å²) in [5, 5.41) is 4.32. The fraction of sp³-hybridized carbons (Fsp3) is 0.211. The Morgan fingerprint density at radius 3 is 2.77 bits per heavy atom. The van der Waals surface area contributed by atoms with E-state index < -0.39 is 10.0 Å². The van der Waals surface area contributed by atoms with Crippen LogP contribution in [0.2, 0.25) is 0 Å². The second kappa shape index (κ2) is 6.59. The van der Waals surface area contributed by atoms with Gasteiger partial charge in [0.2, 0.25) is 0 Å². The van der Waals surface area contributed by atoms with Crippen molar-refractivity contribution in [2.75, 3.05) is 18.4 Å². The lowest BCUT2D eigenvalue weighted by molar-refractivity contribution is 0.320. The molecule has 0 fully saturated rings. The third-order valence-corrected chi connectivity index (χ3v) is 5.89. The molecule has 2 heterocycles. The van der Waals surface area contributed by atoms with Crippen molar-refractivity contribution in [3.63, 3.8) is 0 Å². The van der Waals surface area contributed by atoms with Crippen molar-refractivity contribution >= 4 is 32.4 Å². The number of benzene rings is 2. The number of rotatable bonds is 5. The van der Waals surface area contributed by atoms with E-state index in [-0.39, 0.29) is 4.90 Å². The lowest BCUT2D eigenvalue weighted by atomic mass is 10.1. The topological polar surface area (TPSA) is 77.6 Å². The summed E-state index contributed by atoms with van der Waals surface area (Å²) in [6.45, 7) is 4.00. The van der Waals surface area contributed by atoms with Crippen molar-refractivity contribution in [3.05, 3.63) is 60.3 Å². The highest BCUT2D eigenvalue weighted by Gasteiger charge is 2.25. The Labute approximate surface area is 152 Å². The molecule has 0 aliphatic carbocycles. The van der Waals surface area contributed by atoms with E-state index in [9.17, 15) is 8.42 Å². The number of para-hydroxylation sites is 1. The second-order valence-electron chi connectivity index (χ2n) is 6.34. The molecule has 1 aliphatic rings. The number of nitrogens with one attached hydrogen (secondary N) is 2. The molecular weight excluding hydrogens is 348 g/mol. The Morgan fingerprint density at radius 2 is 1.92 bits per heavy atom. The Hall–Kier alpha value is -2.64. The van der Waals surface area contributed by atoms with E-state index in [1.54, 1.807) is 18.2 Å². The molecule has 134 valence electrons. The predicted octanol–water partition coefficient (Wildman–Crippen LogP) is 3.20. The van der Waals surface area contributed by atoms with Gasteiger partial charge < -0.3 is 10.3 Å². The number of likely N-dealkylation sites (N-methyl/N-ethyl adjacent to an activating group) is 1. The Bertz CT molecular complexity index is 1090. The molecule has 3 aromatic rings. The van der Waals surface area contributed by atoms with Crippen molar-refractivity contribution in [2.24, 2.45) is 4.40 Å². The van der Waals surface area contributed by atoms with Crippen LogP contribution in [0.5, 0.6) is 0 Å². The number of anilines is 1. The van der Waals surface area contributed by atoms with Gasteiger partial charge in [-0.3, -0.25) is 4.90 Å². The summed E-state index contributed by atoms with van der Waals surface area (Å²) >= 11 is 0. The largest absolute Gasteiger partial charge is 0.361 e. The van der Waals surface area contributed by atoms with Gasteiger partial charge in [-0.2, -0.15) is 8.42 Å². The number of fused-ring (bicyclic) bond motifs is 2. The molecule has 0 radical (unpaired) electrons. The van der Waals surface area contributed by atoms with Crippen LogP contribution in [-0.4, -0.2) is 37.2 Å². The number of sulfonamides is 1. The zero-order chi connectivity index (χ0) is 18.1. The van der Waals surface area contributed by atoms with E-state index in [4.69, 9.17) is 0 Å². The van der Waals surface area contributed by atoms with Crippen molar-refractivity contribution in [3.8, 4) is 0 Å². The maximum atomic E-state index is 12.4. The lowest BCUT2D eigenvalue weighted by Crippen LogP contribution is -2.35. The van der Waals surface area contributed by atoms with Crippen LogP contribution in [0.25, 0.3) is 10.9 Å². The van der Waals surface area contributed by atoms with Crippen molar-refractivity contribution in [2.45, 2.75) is 18.4 Å². The molecule has 7 heteroatoms. The van der Waals surface area contributed by atoms with Gasteiger partial charge in [0.1, 0.15) is 10.7 Å². The molecule has 1 aromatic heterocycles. The van der Waals surface area contributed by atoms with Crippen LogP contribution in [0.15, 0.2) is 64.0 Å². The van der Waals surface area contributed by atoms with Crippen molar-refractivity contribution in [1.29, 1.82) is 0 Å². The normalized spacial score (nSPS) is 15.5. The molecular formula is C19H20N4O2S. The van der Waals surface area contributed by atoms with Crippen LogP contribution in [0.1, 0.15) is 12.5 Å². The van der Waals surface area contributed by atoms with E-state index in [0.29, 0.717) is 18.1 Å². The average Bonchev–Trinajstić information content (AvgIpc) is 3.08.